The molecule has 7 aromatic rings. The Morgan fingerprint density at radius 2 is 0.896 bits per heavy atom. The van der Waals surface area contributed by atoms with E-state index in [1.54, 1.807) is 0 Å². The van der Waals surface area contributed by atoms with Gasteiger partial charge >= 0.3 is 0 Å². The zero-order chi connectivity index (χ0) is 31.9. The van der Waals surface area contributed by atoms with Crippen molar-refractivity contribution in [3.05, 3.63) is 169 Å². The molecule has 0 aliphatic heterocycles. The summed E-state index contributed by atoms with van der Waals surface area (Å²) in [6.07, 6.45) is 6.44. The van der Waals surface area contributed by atoms with Gasteiger partial charge in [0.1, 0.15) is 0 Å². The molecular weight excluding hydrogens is 581 g/mol. The van der Waals surface area contributed by atoms with Crippen LogP contribution in [0.1, 0.15) is 43.2 Å². The van der Waals surface area contributed by atoms with Crippen molar-refractivity contribution in [2.45, 2.75) is 37.5 Å². The Morgan fingerprint density at radius 1 is 0.375 bits per heavy atom. The molecule has 1 aromatic heterocycles. The maximum absolute atomic E-state index is 5.09. The molecule has 0 amide bonds. The average Bonchev–Trinajstić information content (AvgIpc) is 3.44. The summed E-state index contributed by atoms with van der Waals surface area (Å²) in [6.45, 7) is 0. The number of nitrogens with zero attached hydrogens (tertiary/aromatic N) is 2. The van der Waals surface area contributed by atoms with Gasteiger partial charge in [-0.3, -0.25) is 0 Å². The van der Waals surface area contributed by atoms with Gasteiger partial charge in [-0.15, -0.1) is 0 Å². The minimum Gasteiger partial charge on any atom is -0.228 e. The lowest BCUT2D eigenvalue weighted by molar-refractivity contribution is 0.353. The Labute approximate surface area is 282 Å². The van der Waals surface area contributed by atoms with Gasteiger partial charge < -0.3 is 0 Å². The summed E-state index contributed by atoms with van der Waals surface area (Å²) < 4.78 is 0. The van der Waals surface area contributed by atoms with Crippen LogP contribution in [0, 0.1) is 0 Å². The van der Waals surface area contributed by atoms with Gasteiger partial charge in [0.05, 0.1) is 11.4 Å². The summed E-state index contributed by atoms with van der Waals surface area (Å²) in [5.74, 6) is 0.730. The predicted octanol–water partition coefficient (Wildman–Crippen LogP) is 12.0. The van der Waals surface area contributed by atoms with Gasteiger partial charge in [0.15, 0.2) is 5.82 Å². The molecule has 2 heteroatoms. The number of fused-ring (bicyclic) bond motifs is 5. The van der Waals surface area contributed by atoms with Crippen LogP contribution in [-0.4, -0.2) is 9.97 Å². The fraction of sp³-hybridized carbons (Fsp3) is 0.130. The third-order valence-corrected chi connectivity index (χ3v) is 10.5. The van der Waals surface area contributed by atoms with Gasteiger partial charge in [-0.05, 0) is 75.5 Å². The van der Waals surface area contributed by atoms with Gasteiger partial charge in [-0.2, -0.15) is 0 Å². The minimum absolute atomic E-state index is 0.154. The monoisotopic (exact) mass is 616 g/mol. The lowest BCUT2D eigenvalue weighted by Crippen LogP contribution is -2.27. The second kappa shape index (κ2) is 11.9. The van der Waals surface area contributed by atoms with Crippen LogP contribution in [-0.2, 0) is 5.41 Å². The molecule has 2 aliphatic rings. The summed E-state index contributed by atoms with van der Waals surface area (Å²) in [5.41, 5.74) is 16.0. The summed E-state index contributed by atoms with van der Waals surface area (Å²) in [6, 6.07) is 56.8. The molecule has 0 N–H and O–H groups in total. The van der Waals surface area contributed by atoms with Gasteiger partial charge in [0.25, 0.3) is 0 Å². The van der Waals surface area contributed by atoms with Crippen LogP contribution in [0.3, 0.4) is 0 Å². The standard InChI is InChI=1S/C46H36N2/c1-4-15-32(16-5-1)42-31-43(48-45(47-42)33-17-6-2-7-18-33)37-22-13-20-35(30-37)34-19-12-21-36(29-34)38-24-14-26-41-44(38)39-23-8-9-25-40(39)46(41)27-10-3-11-28-46/h1-2,4-9,12-26,29-31H,3,10-11,27-28H2. The van der Waals surface area contributed by atoms with Crippen LogP contribution in [0.2, 0.25) is 0 Å². The quantitative estimate of drug-likeness (QED) is 0.192. The van der Waals surface area contributed by atoms with Crippen LogP contribution in [0.4, 0.5) is 0 Å². The fourth-order valence-electron chi connectivity index (χ4n) is 8.23. The zero-order valence-corrected chi connectivity index (χ0v) is 26.9. The molecule has 230 valence electrons. The Hall–Kier alpha value is -5.60. The molecule has 9 rings (SSSR count). The van der Waals surface area contributed by atoms with E-state index in [1.807, 2.05) is 24.3 Å². The highest BCUT2D eigenvalue weighted by Crippen LogP contribution is 2.57. The highest BCUT2D eigenvalue weighted by Gasteiger charge is 2.44. The number of aromatic nitrogens is 2. The maximum Gasteiger partial charge on any atom is 0.160 e. The van der Waals surface area contributed by atoms with Crippen molar-refractivity contribution in [1.29, 1.82) is 0 Å². The largest absolute Gasteiger partial charge is 0.228 e. The van der Waals surface area contributed by atoms with Crippen LogP contribution in [0.5, 0.6) is 0 Å². The van der Waals surface area contributed by atoms with E-state index in [0.717, 1.165) is 33.9 Å². The first-order valence-corrected chi connectivity index (χ1v) is 17.2. The third-order valence-electron chi connectivity index (χ3n) is 10.5. The number of hydrogen-bond acceptors (Lipinski definition) is 2. The normalized spacial score (nSPS) is 14.4. The molecule has 0 unspecified atom stereocenters. The topological polar surface area (TPSA) is 25.8 Å². The van der Waals surface area contributed by atoms with Crippen molar-refractivity contribution in [1.82, 2.24) is 9.97 Å². The van der Waals surface area contributed by atoms with Crippen LogP contribution in [0.25, 0.3) is 67.3 Å². The smallest absolute Gasteiger partial charge is 0.160 e. The maximum atomic E-state index is 5.09. The first kappa shape index (κ1) is 28.6. The summed E-state index contributed by atoms with van der Waals surface area (Å²) >= 11 is 0. The first-order chi connectivity index (χ1) is 23.8. The number of hydrogen-bond donors (Lipinski definition) is 0. The second-order valence-electron chi connectivity index (χ2n) is 13.3. The van der Waals surface area contributed by atoms with E-state index in [4.69, 9.17) is 9.97 Å². The van der Waals surface area contributed by atoms with Crippen molar-refractivity contribution < 1.29 is 0 Å². The lowest BCUT2D eigenvalue weighted by atomic mass is 9.68. The van der Waals surface area contributed by atoms with E-state index in [9.17, 15) is 0 Å². The number of benzene rings is 6. The Kier molecular flexibility index (Phi) is 7.08. The van der Waals surface area contributed by atoms with Crippen molar-refractivity contribution >= 4 is 0 Å². The first-order valence-electron chi connectivity index (χ1n) is 17.2. The van der Waals surface area contributed by atoms with Crippen molar-refractivity contribution in [2.75, 3.05) is 0 Å². The van der Waals surface area contributed by atoms with E-state index in [-0.39, 0.29) is 5.41 Å². The SMILES string of the molecule is c1ccc(-c2cc(-c3cccc(-c4cccc(-c5cccc6c5-c5ccccc5C65CCCCC5)c4)c3)nc(-c3ccccc3)n2)cc1. The van der Waals surface area contributed by atoms with Gasteiger partial charge in [-0.1, -0.05) is 159 Å². The molecular formula is C46H36N2. The van der Waals surface area contributed by atoms with Crippen molar-refractivity contribution in [3.63, 3.8) is 0 Å². The summed E-state index contributed by atoms with van der Waals surface area (Å²) in [4.78, 5) is 10.1. The molecule has 0 atom stereocenters. The molecule has 2 aliphatic carbocycles. The van der Waals surface area contributed by atoms with Gasteiger partial charge in [0, 0.05) is 22.1 Å². The molecule has 0 radical (unpaired) electrons. The van der Waals surface area contributed by atoms with Crippen molar-refractivity contribution in [2.24, 2.45) is 0 Å². The Bertz CT molecular complexity index is 2200. The second-order valence-corrected chi connectivity index (χ2v) is 13.3. The average molecular weight is 617 g/mol. The minimum atomic E-state index is 0.154. The van der Waals surface area contributed by atoms with Gasteiger partial charge in [0.2, 0.25) is 0 Å². The molecule has 6 aromatic carbocycles. The van der Waals surface area contributed by atoms with E-state index in [2.05, 4.69) is 133 Å². The predicted molar refractivity (Wildman–Crippen MR) is 199 cm³/mol. The zero-order valence-electron chi connectivity index (χ0n) is 26.9. The third kappa shape index (κ3) is 4.88. The molecule has 1 heterocycles. The Morgan fingerprint density at radius 3 is 1.65 bits per heavy atom. The van der Waals surface area contributed by atoms with Crippen molar-refractivity contribution in [3.8, 4) is 67.3 Å². The molecule has 0 saturated heterocycles. The molecule has 0 bridgehead atoms. The summed E-state index contributed by atoms with van der Waals surface area (Å²) in [5, 5.41) is 0. The van der Waals surface area contributed by atoms with E-state index in [0.29, 0.717) is 0 Å². The van der Waals surface area contributed by atoms with Crippen LogP contribution in [0.15, 0.2) is 158 Å². The Balaban J connectivity index is 1.14. The molecule has 48 heavy (non-hydrogen) atoms. The molecule has 1 spiro atoms. The fourth-order valence-corrected chi connectivity index (χ4v) is 8.23. The van der Waals surface area contributed by atoms with Gasteiger partial charge in [-0.25, -0.2) is 9.97 Å². The molecule has 2 nitrogen and oxygen atoms in total. The lowest BCUT2D eigenvalue weighted by Gasteiger charge is -2.36. The van der Waals surface area contributed by atoms with E-state index < -0.39 is 0 Å². The molecule has 1 fully saturated rings. The van der Waals surface area contributed by atoms with E-state index in [1.165, 1.54) is 76.6 Å². The molecule has 1 saturated carbocycles. The number of rotatable bonds is 5. The van der Waals surface area contributed by atoms with E-state index >= 15 is 0 Å². The highest BCUT2D eigenvalue weighted by molar-refractivity contribution is 5.93. The van der Waals surface area contributed by atoms with Crippen LogP contribution >= 0.6 is 0 Å². The van der Waals surface area contributed by atoms with Crippen LogP contribution < -0.4 is 0 Å². The highest BCUT2D eigenvalue weighted by atomic mass is 14.9. The summed E-state index contributed by atoms with van der Waals surface area (Å²) in [7, 11) is 0.